The molecule has 0 heterocycles. The Hall–Kier alpha value is 0.836. The molecule has 0 unspecified atom stereocenters. The number of carboxylic acid groups (broad SMARTS) is 2. The Balaban J connectivity index is -0.0000000450. The summed E-state index contributed by atoms with van der Waals surface area (Å²) in [6.45, 7) is 0. The van der Waals surface area contributed by atoms with Crippen LogP contribution in [0.25, 0.3) is 0 Å². The van der Waals surface area contributed by atoms with Gasteiger partial charge in [0.25, 0.3) is 0 Å². The molecule has 0 aromatic rings. The summed E-state index contributed by atoms with van der Waals surface area (Å²) in [5.74, 6) is 0. The average Bonchev–Trinajstić information content (AvgIpc) is 0.811. The second-order valence-electron chi connectivity index (χ2n) is 0.283. The summed E-state index contributed by atoms with van der Waals surface area (Å²) in [7, 11) is 0. The van der Waals surface area contributed by atoms with Crippen molar-refractivity contribution in [2.75, 3.05) is 0 Å². The van der Waals surface area contributed by atoms with Crippen molar-refractivity contribution in [3.05, 3.63) is 0 Å². The van der Waals surface area contributed by atoms with E-state index in [4.69, 9.17) is 15.0 Å². The molecular weight excluding hydrogens is 118 g/mol. The Morgan fingerprint density at radius 2 is 1.33 bits per heavy atom. The zero-order chi connectivity index (χ0) is 3.58. The average molecular weight is 120 g/mol. The molecular formula is CH2FKO3. The van der Waals surface area contributed by atoms with E-state index >= 15 is 0 Å². The number of carbonyl (C=O) groups is 1. The largest absolute Gasteiger partial charge is 1.00 e. The molecule has 0 spiro atoms. The van der Waals surface area contributed by atoms with Gasteiger partial charge in [0.1, 0.15) is 0 Å². The first-order valence-electron chi connectivity index (χ1n) is 0.651. The van der Waals surface area contributed by atoms with Gasteiger partial charge >= 0.3 is 57.5 Å². The van der Waals surface area contributed by atoms with Gasteiger partial charge in [-0.25, -0.2) is 4.79 Å². The van der Waals surface area contributed by atoms with E-state index in [1.54, 1.807) is 0 Å². The van der Waals surface area contributed by atoms with Gasteiger partial charge in [-0.2, -0.15) is 0 Å². The van der Waals surface area contributed by atoms with Crippen LogP contribution >= 0.6 is 0 Å². The van der Waals surface area contributed by atoms with Crippen LogP contribution in [0.5, 0.6) is 0 Å². The van der Waals surface area contributed by atoms with Crippen LogP contribution in [0.15, 0.2) is 0 Å². The summed E-state index contributed by atoms with van der Waals surface area (Å²) in [6.07, 6.45) is -1.83. The summed E-state index contributed by atoms with van der Waals surface area (Å²) in [5.41, 5.74) is 0. The Morgan fingerprint density at radius 1 is 1.33 bits per heavy atom. The number of halogens is 1. The molecule has 0 aromatic carbocycles. The molecule has 0 fully saturated rings. The quantitative estimate of drug-likeness (QED) is 0.313. The molecule has 0 radical (unpaired) electrons. The van der Waals surface area contributed by atoms with Gasteiger partial charge in [0.05, 0.1) is 0 Å². The summed E-state index contributed by atoms with van der Waals surface area (Å²) in [4.78, 5) is 8.56. The van der Waals surface area contributed by atoms with E-state index in [9.17, 15) is 0 Å². The molecule has 0 saturated heterocycles. The van der Waals surface area contributed by atoms with Crippen molar-refractivity contribution in [1.82, 2.24) is 0 Å². The fraction of sp³-hybridized carbons (Fsp3) is 0. The van der Waals surface area contributed by atoms with Crippen molar-refractivity contribution in [2.24, 2.45) is 0 Å². The second-order valence-corrected chi connectivity index (χ2v) is 0.283. The minimum Gasteiger partial charge on any atom is -1.00 e. The monoisotopic (exact) mass is 120 g/mol. The molecule has 0 bridgehead atoms. The van der Waals surface area contributed by atoms with Crippen molar-refractivity contribution < 1.29 is 71.1 Å². The minimum absolute atomic E-state index is 0. The first-order chi connectivity index (χ1) is 1.73. The molecule has 2 N–H and O–H groups in total. The van der Waals surface area contributed by atoms with E-state index in [1.807, 2.05) is 0 Å². The van der Waals surface area contributed by atoms with E-state index in [0.717, 1.165) is 0 Å². The van der Waals surface area contributed by atoms with Crippen LogP contribution in [-0.2, 0) is 0 Å². The third kappa shape index (κ3) is 102. The molecule has 0 aromatic heterocycles. The van der Waals surface area contributed by atoms with Crippen LogP contribution in [-0.4, -0.2) is 16.4 Å². The Bertz CT molecular complexity index is 33.8. The van der Waals surface area contributed by atoms with E-state index in [2.05, 4.69) is 0 Å². The molecule has 0 saturated carbocycles. The molecule has 0 amide bonds. The first kappa shape index (κ1) is 15.8. The van der Waals surface area contributed by atoms with Crippen molar-refractivity contribution >= 4 is 6.16 Å². The molecule has 3 nitrogen and oxygen atoms in total. The van der Waals surface area contributed by atoms with Crippen LogP contribution in [0.1, 0.15) is 0 Å². The number of hydrogen-bond donors (Lipinski definition) is 2. The molecule has 0 aliphatic heterocycles. The van der Waals surface area contributed by atoms with Gasteiger partial charge in [0.15, 0.2) is 0 Å². The van der Waals surface area contributed by atoms with Gasteiger partial charge in [-0.3, -0.25) is 0 Å². The summed E-state index contributed by atoms with van der Waals surface area (Å²) >= 11 is 0. The summed E-state index contributed by atoms with van der Waals surface area (Å²) < 4.78 is 0. The van der Waals surface area contributed by atoms with Crippen LogP contribution < -0.4 is 56.1 Å². The third-order valence-electron chi connectivity index (χ3n) is 0. The summed E-state index contributed by atoms with van der Waals surface area (Å²) in [5, 5.41) is 13.9. The van der Waals surface area contributed by atoms with Gasteiger partial charge in [-0.05, 0) is 0 Å². The van der Waals surface area contributed by atoms with E-state index in [1.165, 1.54) is 0 Å². The van der Waals surface area contributed by atoms with Gasteiger partial charge in [0.2, 0.25) is 0 Å². The smallest absolute Gasteiger partial charge is 1.00 e. The van der Waals surface area contributed by atoms with Crippen LogP contribution in [0.2, 0.25) is 0 Å². The normalized spacial score (nSPS) is 4.00. The molecule has 5 heteroatoms. The van der Waals surface area contributed by atoms with Gasteiger partial charge in [0, 0.05) is 0 Å². The van der Waals surface area contributed by atoms with Gasteiger partial charge in [-0.1, -0.05) is 0 Å². The second kappa shape index (κ2) is 9.28. The van der Waals surface area contributed by atoms with Crippen LogP contribution in [0.4, 0.5) is 4.79 Å². The maximum absolute atomic E-state index is 8.56. The molecule has 6 heavy (non-hydrogen) atoms. The van der Waals surface area contributed by atoms with E-state index in [-0.39, 0.29) is 56.1 Å². The zero-order valence-corrected chi connectivity index (χ0v) is 6.30. The fourth-order valence-corrected chi connectivity index (χ4v) is 0. The van der Waals surface area contributed by atoms with Crippen molar-refractivity contribution in [2.45, 2.75) is 0 Å². The standard InChI is InChI=1S/CH2O3.FH.K/c2-1(3)4;;/h(H2,2,3,4);1H;/q;;+1/p-1. The van der Waals surface area contributed by atoms with E-state index in [0.29, 0.717) is 0 Å². The SMILES string of the molecule is O=C(O)O.[F-].[K+]. The maximum Gasteiger partial charge on any atom is 1.00 e. The van der Waals surface area contributed by atoms with Crippen LogP contribution in [0, 0.1) is 0 Å². The number of hydrogen-bond acceptors (Lipinski definition) is 1. The fourth-order valence-electron chi connectivity index (χ4n) is 0. The Kier molecular flexibility index (Phi) is 24.5. The van der Waals surface area contributed by atoms with Crippen molar-refractivity contribution in [3.8, 4) is 0 Å². The minimum atomic E-state index is -1.83. The number of rotatable bonds is 0. The zero-order valence-electron chi connectivity index (χ0n) is 3.18. The maximum atomic E-state index is 8.56. The molecule has 32 valence electrons. The molecule has 0 aliphatic rings. The predicted octanol–water partition coefficient (Wildman–Crippen LogP) is -5.77. The van der Waals surface area contributed by atoms with Gasteiger partial charge < -0.3 is 14.9 Å². The predicted molar refractivity (Wildman–Crippen MR) is 10.7 cm³/mol. The van der Waals surface area contributed by atoms with Crippen molar-refractivity contribution in [3.63, 3.8) is 0 Å². The topological polar surface area (TPSA) is 57.5 Å². The first-order valence-corrected chi connectivity index (χ1v) is 0.651. The third-order valence-corrected chi connectivity index (χ3v) is 0. The molecule has 0 rings (SSSR count). The van der Waals surface area contributed by atoms with Crippen LogP contribution in [0.3, 0.4) is 0 Å². The Morgan fingerprint density at radius 3 is 1.33 bits per heavy atom. The Labute approximate surface area is 76.1 Å². The van der Waals surface area contributed by atoms with Gasteiger partial charge in [-0.15, -0.1) is 0 Å². The summed E-state index contributed by atoms with van der Waals surface area (Å²) in [6, 6.07) is 0. The van der Waals surface area contributed by atoms with Crippen molar-refractivity contribution in [1.29, 1.82) is 0 Å². The molecule has 0 aliphatic carbocycles. The molecule has 0 atom stereocenters. The van der Waals surface area contributed by atoms with E-state index < -0.39 is 6.16 Å².